The molecule has 25 heavy (non-hydrogen) atoms. The van der Waals surface area contributed by atoms with Gasteiger partial charge in [0.05, 0.1) is 24.2 Å². The van der Waals surface area contributed by atoms with E-state index in [4.69, 9.17) is 23.2 Å². The molecular weight excluding hydrogens is 373 g/mol. The van der Waals surface area contributed by atoms with Crippen molar-refractivity contribution in [3.63, 3.8) is 0 Å². The molecule has 8 nitrogen and oxygen atoms in total. The van der Waals surface area contributed by atoms with Gasteiger partial charge in [0.1, 0.15) is 0 Å². The summed E-state index contributed by atoms with van der Waals surface area (Å²) in [5, 5.41) is 3.26. The summed E-state index contributed by atoms with van der Waals surface area (Å²) >= 11 is 11.7. The zero-order valence-electron chi connectivity index (χ0n) is 13.4. The molecule has 3 N–H and O–H groups in total. The van der Waals surface area contributed by atoms with Crippen LogP contribution in [0.25, 0.3) is 0 Å². The molecule has 1 aromatic carbocycles. The van der Waals surface area contributed by atoms with Crippen molar-refractivity contribution in [2.45, 2.75) is 25.7 Å². The Kier molecular flexibility index (Phi) is 8.73. The van der Waals surface area contributed by atoms with Gasteiger partial charge in [0.15, 0.2) is 0 Å². The largest absolute Gasteiger partial charge is 0.469 e. The van der Waals surface area contributed by atoms with Crippen molar-refractivity contribution in [3.8, 4) is 0 Å². The van der Waals surface area contributed by atoms with E-state index in [0.29, 0.717) is 10.7 Å². The van der Waals surface area contributed by atoms with Gasteiger partial charge in [-0.25, -0.2) is 0 Å². The van der Waals surface area contributed by atoms with Crippen molar-refractivity contribution in [2.24, 2.45) is 0 Å². The molecule has 0 aliphatic rings. The van der Waals surface area contributed by atoms with Gasteiger partial charge in [0.25, 0.3) is 0 Å². The summed E-state index contributed by atoms with van der Waals surface area (Å²) in [6, 6.07) is 4.60. The molecule has 0 unspecified atom stereocenters. The lowest BCUT2D eigenvalue weighted by Gasteiger charge is -2.09. The molecule has 136 valence electrons. The first-order valence-corrected chi connectivity index (χ1v) is 7.97. The SMILES string of the molecule is COC(=O)CCC(=O)NNC(=O)CCC(=O)Nc1ccc(Cl)cc1Cl. The summed E-state index contributed by atoms with van der Waals surface area (Å²) in [6.07, 6.45) is -0.470. The molecule has 0 spiro atoms. The summed E-state index contributed by atoms with van der Waals surface area (Å²) in [6.45, 7) is 0. The Morgan fingerprint density at radius 3 is 2.04 bits per heavy atom. The fourth-order valence-corrected chi connectivity index (χ4v) is 2.07. The second-order valence-electron chi connectivity index (χ2n) is 4.84. The monoisotopic (exact) mass is 389 g/mol. The first-order valence-electron chi connectivity index (χ1n) is 7.21. The number of methoxy groups -OCH3 is 1. The van der Waals surface area contributed by atoms with Crippen LogP contribution in [0.2, 0.25) is 10.0 Å². The second kappa shape index (κ2) is 10.5. The molecule has 0 radical (unpaired) electrons. The molecule has 0 bridgehead atoms. The van der Waals surface area contributed by atoms with Crippen LogP contribution in [0.4, 0.5) is 5.69 Å². The number of esters is 1. The first-order chi connectivity index (χ1) is 11.8. The third-order valence-corrected chi connectivity index (χ3v) is 3.46. The van der Waals surface area contributed by atoms with Crippen LogP contribution in [0.5, 0.6) is 0 Å². The molecule has 0 saturated carbocycles. The molecule has 0 saturated heterocycles. The maximum absolute atomic E-state index is 11.8. The van der Waals surface area contributed by atoms with Crippen molar-refractivity contribution in [1.29, 1.82) is 0 Å². The topological polar surface area (TPSA) is 114 Å². The number of amides is 3. The van der Waals surface area contributed by atoms with E-state index in [1.807, 2.05) is 0 Å². The van der Waals surface area contributed by atoms with Gasteiger partial charge in [-0.1, -0.05) is 23.2 Å². The minimum Gasteiger partial charge on any atom is -0.469 e. The first kappa shape index (κ1) is 20.7. The lowest BCUT2D eigenvalue weighted by molar-refractivity contribution is -0.142. The van der Waals surface area contributed by atoms with E-state index in [-0.39, 0.29) is 30.7 Å². The van der Waals surface area contributed by atoms with Gasteiger partial charge in [-0.2, -0.15) is 0 Å². The molecule has 0 aromatic heterocycles. The van der Waals surface area contributed by atoms with Crippen molar-refractivity contribution in [3.05, 3.63) is 28.2 Å². The van der Waals surface area contributed by atoms with Crippen LogP contribution < -0.4 is 16.2 Å². The minimum absolute atomic E-state index is 0.0948. The van der Waals surface area contributed by atoms with Gasteiger partial charge < -0.3 is 10.1 Å². The van der Waals surface area contributed by atoms with Crippen molar-refractivity contribution in [1.82, 2.24) is 10.9 Å². The van der Waals surface area contributed by atoms with Gasteiger partial charge in [-0.3, -0.25) is 30.0 Å². The third kappa shape index (κ3) is 8.37. The number of hydrazine groups is 1. The maximum Gasteiger partial charge on any atom is 0.306 e. The Balaban J connectivity index is 2.28. The number of hydrogen-bond donors (Lipinski definition) is 3. The van der Waals surface area contributed by atoms with E-state index in [1.54, 1.807) is 12.1 Å². The highest BCUT2D eigenvalue weighted by Crippen LogP contribution is 2.25. The minimum atomic E-state index is -0.552. The normalized spacial score (nSPS) is 9.88. The van der Waals surface area contributed by atoms with Gasteiger partial charge >= 0.3 is 5.97 Å². The van der Waals surface area contributed by atoms with Gasteiger partial charge in [-0.15, -0.1) is 0 Å². The molecule has 3 amide bonds. The summed E-state index contributed by atoms with van der Waals surface area (Å²) in [5.41, 5.74) is 4.67. The lowest BCUT2D eigenvalue weighted by Crippen LogP contribution is -2.41. The van der Waals surface area contributed by atoms with E-state index in [2.05, 4.69) is 20.9 Å². The summed E-state index contributed by atoms with van der Waals surface area (Å²) in [7, 11) is 1.21. The summed E-state index contributed by atoms with van der Waals surface area (Å²) < 4.78 is 4.39. The van der Waals surface area contributed by atoms with Gasteiger partial charge in [0, 0.05) is 24.3 Å². The quantitative estimate of drug-likeness (QED) is 0.486. The lowest BCUT2D eigenvalue weighted by atomic mass is 10.2. The average molecular weight is 390 g/mol. The number of halogens is 2. The van der Waals surface area contributed by atoms with Crippen molar-refractivity contribution < 1.29 is 23.9 Å². The molecular formula is C15H17Cl2N3O5. The number of nitrogens with one attached hydrogen (secondary N) is 3. The van der Waals surface area contributed by atoms with Crippen LogP contribution in [-0.2, 0) is 23.9 Å². The van der Waals surface area contributed by atoms with Gasteiger partial charge in [0.2, 0.25) is 17.7 Å². The molecule has 0 aliphatic heterocycles. The van der Waals surface area contributed by atoms with Crippen molar-refractivity contribution >= 4 is 52.6 Å². The highest BCUT2D eigenvalue weighted by Gasteiger charge is 2.11. The smallest absolute Gasteiger partial charge is 0.306 e. The number of benzene rings is 1. The second-order valence-corrected chi connectivity index (χ2v) is 5.69. The van der Waals surface area contributed by atoms with Crippen LogP contribution in [0.3, 0.4) is 0 Å². The Morgan fingerprint density at radius 2 is 1.48 bits per heavy atom. The van der Waals surface area contributed by atoms with E-state index >= 15 is 0 Å². The van der Waals surface area contributed by atoms with Crippen LogP contribution in [0.15, 0.2) is 18.2 Å². The fraction of sp³-hybridized carbons (Fsp3) is 0.333. The van der Waals surface area contributed by atoms with Gasteiger partial charge in [-0.05, 0) is 18.2 Å². The number of hydrogen-bond acceptors (Lipinski definition) is 5. The Bertz CT molecular complexity index is 667. The summed E-state index contributed by atoms with van der Waals surface area (Å²) in [5.74, 6) is -2.05. The maximum atomic E-state index is 11.8. The molecule has 10 heteroatoms. The van der Waals surface area contributed by atoms with Crippen molar-refractivity contribution in [2.75, 3.05) is 12.4 Å². The van der Waals surface area contributed by atoms with Crippen LogP contribution >= 0.6 is 23.2 Å². The number of anilines is 1. The average Bonchev–Trinajstić information content (AvgIpc) is 2.58. The number of carbonyl (C=O) groups excluding carboxylic acids is 4. The molecule has 0 aliphatic carbocycles. The number of rotatable bonds is 7. The zero-order chi connectivity index (χ0) is 18.8. The molecule has 1 rings (SSSR count). The Morgan fingerprint density at radius 1 is 0.920 bits per heavy atom. The number of ether oxygens (including phenoxy) is 1. The van der Waals surface area contributed by atoms with Crippen LogP contribution in [0.1, 0.15) is 25.7 Å². The highest BCUT2D eigenvalue weighted by molar-refractivity contribution is 6.36. The molecule has 1 aromatic rings. The molecule has 0 fully saturated rings. The summed E-state index contributed by atoms with van der Waals surface area (Å²) in [4.78, 5) is 45.6. The Labute approximate surface area is 154 Å². The Hall–Kier alpha value is -2.32. The van der Waals surface area contributed by atoms with E-state index in [0.717, 1.165) is 0 Å². The highest BCUT2D eigenvalue weighted by atomic mass is 35.5. The van der Waals surface area contributed by atoms with E-state index in [1.165, 1.54) is 13.2 Å². The third-order valence-electron chi connectivity index (χ3n) is 2.91. The zero-order valence-corrected chi connectivity index (χ0v) is 14.9. The predicted molar refractivity (Wildman–Crippen MR) is 91.9 cm³/mol. The molecule has 0 atom stereocenters. The molecule has 0 heterocycles. The van der Waals surface area contributed by atoms with Crippen LogP contribution in [0, 0.1) is 0 Å². The van der Waals surface area contributed by atoms with E-state index in [9.17, 15) is 19.2 Å². The predicted octanol–water partition coefficient (Wildman–Crippen LogP) is 1.81. The van der Waals surface area contributed by atoms with E-state index < -0.39 is 23.7 Å². The standard InChI is InChI=1S/C15H17Cl2N3O5/c1-25-15(24)7-6-14(23)20-19-13(22)5-4-12(21)18-11-3-2-9(16)8-10(11)17/h2-3,8H,4-7H2,1H3,(H,18,21)(H,19,22)(H,20,23). The fourth-order valence-electron chi connectivity index (χ4n) is 1.61. The number of carbonyl (C=O) groups is 4. The van der Waals surface area contributed by atoms with Crippen LogP contribution in [-0.4, -0.2) is 30.8 Å².